The zero-order valence-corrected chi connectivity index (χ0v) is 14.5. The minimum Gasteiger partial charge on any atom is -0.369 e. The van der Waals surface area contributed by atoms with Crippen molar-refractivity contribution in [3.63, 3.8) is 0 Å². The third-order valence-corrected chi connectivity index (χ3v) is 4.20. The van der Waals surface area contributed by atoms with Crippen molar-refractivity contribution in [3.05, 3.63) is 38.6 Å². The van der Waals surface area contributed by atoms with Gasteiger partial charge in [0.05, 0.1) is 9.26 Å². The fourth-order valence-electron chi connectivity index (χ4n) is 1.94. The Morgan fingerprint density at radius 1 is 1.25 bits per heavy atom. The number of hydrogen-bond donors (Lipinski definition) is 1. The molecule has 0 bridgehead atoms. The van der Waals surface area contributed by atoms with Crippen molar-refractivity contribution in [1.29, 1.82) is 0 Å². The zero-order valence-electron chi connectivity index (χ0n) is 11.6. The van der Waals surface area contributed by atoms with Gasteiger partial charge in [0.15, 0.2) is 5.82 Å². The zero-order chi connectivity index (χ0) is 14.5. The summed E-state index contributed by atoms with van der Waals surface area (Å²) < 4.78 is 1.11. The SMILES string of the molecule is CCCc1nc(-c2cccc(Cl)c2)nc(NCC)c1I. The summed E-state index contributed by atoms with van der Waals surface area (Å²) in [7, 11) is 0. The highest BCUT2D eigenvalue weighted by molar-refractivity contribution is 14.1. The Morgan fingerprint density at radius 2 is 2.05 bits per heavy atom. The minimum atomic E-state index is 0.701. The third-order valence-electron chi connectivity index (χ3n) is 2.83. The van der Waals surface area contributed by atoms with Gasteiger partial charge in [0, 0.05) is 17.1 Å². The molecular weight excluding hydrogens is 385 g/mol. The predicted molar refractivity (Wildman–Crippen MR) is 93.4 cm³/mol. The average molecular weight is 402 g/mol. The Hall–Kier alpha value is -0.880. The van der Waals surface area contributed by atoms with Crippen LogP contribution in [0.3, 0.4) is 0 Å². The van der Waals surface area contributed by atoms with Crippen molar-refractivity contribution in [2.24, 2.45) is 0 Å². The van der Waals surface area contributed by atoms with Crippen LogP contribution in [0.4, 0.5) is 5.82 Å². The van der Waals surface area contributed by atoms with Gasteiger partial charge < -0.3 is 5.32 Å². The predicted octanol–water partition coefficient (Wildman–Crippen LogP) is 4.79. The number of aromatic nitrogens is 2. The average Bonchev–Trinajstić information content (AvgIpc) is 2.43. The van der Waals surface area contributed by atoms with Crippen molar-refractivity contribution in [2.45, 2.75) is 26.7 Å². The Kier molecular flexibility index (Phi) is 5.60. The number of halogens is 2. The lowest BCUT2D eigenvalue weighted by Gasteiger charge is -2.12. The van der Waals surface area contributed by atoms with Crippen LogP contribution < -0.4 is 5.32 Å². The van der Waals surface area contributed by atoms with Crippen molar-refractivity contribution >= 4 is 40.0 Å². The number of rotatable bonds is 5. The number of aryl methyl sites for hydroxylation is 1. The summed E-state index contributed by atoms with van der Waals surface area (Å²) in [6, 6.07) is 7.66. The van der Waals surface area contributed by atoms with Gasteiger partial charge in [0.1, 0.15) is 5.82 Å². The van der Waals surface area contributed by atoms with Crippen LogP contribution in [0.5, 0.6) is 0 Å². The fraction of sp³-hybridized carbons (Fsp3) is 0.333. The van der Waals surface area contributed by atoms with Crippen LogP contribution in [0, 0.1) is 3.57 Å². The van der Waals surface area contributed by atoms with Crippen LogP contribution in [0.1, 0.15) is 26.0 Å². The first-order valence-electron chi connectivity index (χ1n) is 6.72. The minimum absolute atomic E-state index is 0.701. The number of benzene rings is 1. The molecule has 0 aliphatic heterocycles. The molecule has 0 atom stereocenters. The first kappa shape index (κ1) is 15.5. The molecule has 1 aromatic carbocycles. The number of hydrogen-bond acceptors (Lipinski definition) is 3. The second-order valence-electron chi connectivity index (χ2n) is 4.45. The molecule has 0 amide bonds. The van der Waals surface area contributed by atoms with E-state index in [0.29, 0.717) is 5.02 Å². The van der Waals surface area contributed by atoms with Gasteiger partial charge >= 0.3 is 0 Å². The van der Waals surface area contributed by atoms with E-state index in [4.69, 9.17) is 16.6 Å². The summed E-state index contributed by atoms with van der Waals surface area (Å²) in [5.74, 6) is 1.63. The van der Waals surface area contributed by atoms with Crippen LogP contribution in [-0.4, -0.2) is 16.5 Å². The van der Waals surface area contributed by atoms with Gasteiger partial charge in [0.25, 0.3) is 0 Å². The van der Waals surface area contributed by atoms with Crippen molar-refractivity contribution in [3.8, 4) is 11.4 Å². The van der Waals surface area contributed by atoms with Crippen molar-refractivity contribution in [2.75, 3.05) is 11.9 Å². The number of anilines is 1. The van der Waals surface area contributed by atoms with E-state index < -0.39 is 0 Å². The van der Waals surface area contributed by atoms with Gasteiger partial charge in [-0.25, -0.2) is 9.97 Å². The molecule has 20 heavy (non-hydrogen) atoms. The molecule has 0 fully saturated rings. The molecule has 0 aliphatic carbocycles. The van der Waals surface area contributed by atoms with Crippen LogP contribution in [0.25, 0.3) is 11.4 Å². The smallest absolute Gasteiger partial charge is 0.161 e. The molecule has 0 unspecified atom stereocenters. The lowest BCUT2D eigenvalue weighted by molar-refractivity contribution is 0.867. The molecule has 5 heteroatoms. The molecule has 0 aliphatic rings. The molecule has 0 spiro atoms. The molecule has 2 aromatic rings. The van der Waals surface area contributed by atoms with E-state index in [9.17, 15) is 0 Å². The largest absolute Gasteiger partial charge is 0.369 e. The molecule has 1 N–H and O–H groups in total. The molecule has 1 heterocycles. The standard InChI is InChI=1S/C15H17ClIN3/c1-3-6-12-13(17)15(18-4-2)20-14(19-12)10-7-5-8-11(16)9-10/h5,7-9H,3-4,6H2,1-2H3,(H,18,19,20). The molecule has 106 valence electrons. The van der Waals surface area contributed by atoms with Gasteiger partial charge in [-0.3, -0.25) is 0 Å². The summed E-state index contributed by atoms with van der Waals surface area (Å²) in [6.07, 6.45) is 2.01. The fourth-order valence-corrected chi connectivity index (χ4v) is 2.83. The van der Waals surface area contributed by atoms with E-state index in [1.165, 1.54) is 0 Å². The topological polar surface area (TPSA) is 37.8 Å². The van der Waals surface area contributed by atoms with E-state index in [-0.39, 0.29) is 0 Å². The van der Waals surface area contributed by atoms with Gasteiger partial charge in [-0.05, 0) is 48.1 Å². The highest BCUT2D eigenvalue weighted by Gasteiger charge is 2.12. The summed E-state index contributed by atoms with van der Waals surface area (Å²) >= 11 is 8.37. The maximum absolute atomic E-state index is 6.06. The number of nitrogens with zero attached hydrogens (tertiary/aromatic N) is 2. The molecule has 0 saturated heterocycles. The Morgan fingerprint density at radius 3 is 2.70 bits per heavy atom. The molecule has 0 radical (unpaired) electrons. The lowest BCUT2D eigenvalue weighted by Crippen LogP contribution is -2.08. The summed E-state index contributed by atoms with van der Waals surface area (Å²) in [5.41, 5.74) is 2.04. The molecule has 2 rings (SSSR count). The molecular formula is C15H17ClIN3. The van der Waals surface area contributed by atoms with Gasteiger partial charge in [0.2, 0.25) is 0 Å². The quantitative estimate of drug-likeness (QED) is 0.732. The highest BCUT2D eigenvalue weighted by Crippen LogP contribution is 2.26. The van der Waals surface area contributed by atoms with Crippen LogP contribution in [0.15, 0.2) is 24.3 Å². The van der Waals surface area contributed by atoms with Crippen molar-refractivity contribution < 1.29 is 0 Å². The maximum atomic E-state index is 6.06. The Balaban J connectivity index is 2.52. The summed E-state index contributed by atoms with van der Waals surface area (Å²) in [6.45, 7) is 5.06. The monoisotopic (exact) mass is 401 g/mol. The Bertz CT molecular complexity index is 574. The highest BCUT2D eigenvalue weighted by atomic mass is 127. The second kappa shape index (κ2) is 7.22. The van der Waals surface area contributed by atoms with Crippen LogP contribution in [-0.2, 0) is 6.42 Å². The van der Waals surface area contributed by atoms with E-state index in [2.05, 4.69) is 46.7 Å². The third kappa shape index (κ3) is 3.61. The van der Waals surface area contributed by atoms with Crippen LogP contribution in [0.2, 0.25) is 5.02 Å². The van der Waals surface area contributed by atoms with Gasteiger partial charge in [-0.2, -0.15) is 0 Å². The van der Waals surface area contributed by atoms with Gasteiger partial charge in [-0.15, -0.1) is 0 Å². The summed E-state index contributed by atoms with van der Waals surface area (Å²) in [5, 5.41) is 4.01. The van der Waals surface area contributed by atoms with Gasteiger partial charge in [-0.1, -0.05) is 37.1 Å². The number of nitrogens with one attached hydrogen (secondary N) is 1. The van der Waals surface area contributed by atoms with Crippen LogP contribution >= 0.6 is 34.2 Å². The molecule has 1 aromatic heterocycles. The second-order valence-corrected chi connectivity index (χ2v) is 5.96. The lowest BCUT2D eigenvalue weighted by atomic mass is 10.2. The normalized spacial score (nSPS) is 10.6. The first-order valence-corrected chi connectivity index (χ1v) is 8.17. The maximum Gasteiger partial charge on any atom is 0.161 e. The van der Waals surface area contributed by atoms with E-state index >= 15 is 0 Å². The van der Waals surface area contributed by atoms with E-state index in [0.717, 1.165) is 45.9 Å². The first-order chi connectivity index (χ1) is 9.65. The van der Waals surface area contributed by atoms with E-state index in [1.54, 1.807) is 0 Å². The molecule has 0 saturated carbocycles. The molecule has 3 nitrogen and oxygen atoms in total. The van der Waals surface area contributed by atoms with E-state index in [1.807, 2.05) is 24.3 Å². The van der Waals surface area contributed by atoms with Crippen molar-refractivity contribution in [1.82, 2.24) is 9.97 Å². The Labute approximate surface area is 138 Å². The summed E-state index contributed by atoms with van der Waals surface area (Å²) in [4.78, 5) is 9.33.